The molecule has 0 heterocycles. The lowest BCUT2D eigenvalue weighted by atomic mass is 10.1. The van der Waals surface area contributed by atoms with Crippen molar-refractivity contribution in [2.75, 3.05) is 20.1 Å². The van der Waals surface area contributed by atoms with Crippen LogP contribution in [-0.2, 0) is 0 Å². The van der Waals surface area contributed by atoms with Gasteiger partial charge in [-0.25, -0.2) is 0 Å². The first-order chi connectivity index (χ1) is 8.16. The molecule has 0 aromatic heterocycles. The maximum atomic E-state index is 3.59. The van der Waals surface area contributed by atoms with Crippen molar-refractivity contribution in [3.8, 4) is 0 Å². The van der Waals surface area contributed by atoms with E-state index in [1.807, 2.05) is 0 Å². The third-order valence-corrected chi connectivity index (χ3v) is 3.66. The minimum absolute atomic E-state index is 0.447. The van der Waals surface area contributed by atoms with Crippen LogP contribution < -0.4 is 5.32 Å². The molecule has 1 aromatic rings. The maximum Gasteiger partial charge on any atom is 0.0292 e. The molecule has 0 bridgehead atoms. The van der Waals surface area contributed by atoms with Gasteiger partial charge in [-0.15, -0.1) is 0 Å². The summed E-state index contributed by atoms with van der Waals surface area (Å²) in [6.07, 6.45) is 2.79. The molecule has 0 amide bonds. The van der Waals surface area contributed by atoms with Gasteiger partial charge in [0.2, 0.25) is 0 Å². The highest BCUT2D eigenvalue weighted by Crippen LogP contribution is 2.24. The predicted molar refractivity (Wildman–Crippen MR) is 73.2 cm³/mol. The number of benzene rings is 1. The van der Waals surface area contributed by atoms with E-state index < -0.39 is 0 Å². The Morgan fingerprint density at radius 2 is 1.94 bits per heavy atom. The highest BCUT2D eigenvalue weighted by Gasteiger charge is 2.25. The Kier molecular flexibility index (Phi) is 4.19. The van der Waals surface area contributed by atoms with Crippen molar-refractivity contribution < 1.29 is 0 Å². The van der Waals surface area contributed by atoms with Crippen molar-refractivity contribution in [2.45, 2.75) is 38.8 Å². The van der Waals surface area contributed by atoms with Crippen molar-refractivity contribution in [1.29, 1.82) is 0 Å². The van der Waals surface area contributed by atoms with Gasteiger partial charge in [0.25, 0.3) is 0 Å². The van der Waals surface area contributed by atoms with Gasteiger partial charge in [-0.3, -0.25) is 0 Å². The van der Waals surface area contributed by atoms with Crippen LogP contribution in [0.2, 0.25) is 0 Å². The van der Waals surface area contributed by atoms with Crippen LogP contribution >= 0.6 is 0 Å². The SMILES string of the molecule is Cc1ccc(C(C)NCCN(C)C2CC2)cc1. The van der Waals surface area contributed by atoms with E-state index in [2.05, 4.69) is 55.4 Å². The van der Waals surface area contributed by atoms with Gasteiger partial charge in [0.1, 0.15) is 0 Å². The van der Waals surface area contributed by atoms with Crippen LogP contribution in [0.4, 0.5) is 0 Å². The average Bonchev–Trinajstić information content (AvgIpc) is 3.13. The van der Waals surface area contributed by atoms with E-state index in [1.165, 1.54) is 24.0 Å². The van der Waals surface area contributed by atoms with Gasteiger partial charge in [-0.2, -0.15) is 0 Å². The molecule has 1 aliphatic carbocycles. The lowest BCUT2D eigenvalue weighted by molar-refractivity contribution is 0.316. The molecule has 94 valence electrons. The number of aryl methyl sites for hydroxylation is 1. The molecule has 0 saturated heterocycles. The summed E-state index contributed by atoms with van der Waals surface area (Å²) >= 11 is 0. The molecule has 0 spiro atoms. The van der Waals surface area contributed by atoms with E-state index in [-0.39, 0.29) is 0 Å². The Morgan fingerprint density at radius 3 is 2.53 bits per heavy atom. The maximum absolute atomic E-state index is 3.59. The van der Waals surface area contributed by atoms with Crippen LogP contribution in [0.5, 0.6) is 0 Å². The Balaban J connectivity index is 1.72. The topological polar surface area (TPSA) is 15.3 Å². The van der Waals surface area contributed by atoms with Crippen LogP contribution in [0.3, 0.4) is 0 Å². The lowest BCUT2D eigenvalue weighted by Gasteiger charge is -2.19. The summed E-state index contributed by atoms with van der Waals surface area (Å²) in [5.41, 5.74) is 2.71. The predicted octanol–water partition coefficient (Wildman–Crippen LogP) is 2.74. The summed E-state index contributed by atoms with van der Waals surface area (Å²) < 4.78 is 0. The minimum Gasteiger partial charge on any atom is -0.309 e. The van der Waals surface area contributed by atoms with E-state index in [0.717, 1.165) is 19.1 Å². The first-order valence-corrected chi connectivity index (χ1v) is 6.67. The number of likely N-dealkylation sites (N-methyl/N-ethyl adjacent to an activating group) is 1. The van der Waals surface area contributed by atoms with E-state index in [1.54, 1.807) is 0 Å². The second kappa shape index (κ2) is 5.65. The largest absolute Gasteiger partial charge is 0.309 e. The monoisotopic (exact) mass is 232 g/mol. The van der Waals surface area contributed by atoms with Gasteiger partial charge in [0, 0.05) is 25.2 Å². The van der Waals surface area contributed by atoms with Crippen LogP contribution in [0, 0.1) is 6.92 Å². The van der Waals surface area contributed by atoms with Gasteiger partial charge in [-0.1, -0.05) is 29.8 Å². The summed E-state index contributed by atoms with van der Waals surface area (Å²) in [6, 6.07) is 10.1. The summed E-state index contributed by atoms with van der Waals surface area (Å²) in [5.74, 6) is 0. The first-order valence-electron chi connectivity index (χ1n) is 6.67. The van der Waals surface area contributed by atoms with Gasteiger partial charge in [0.05, 0.1) is 0 Å². The molecule has 0 aliphatic heterocycles. The average molecular weight is 232 g/mol. The molecule has 1 aliphatic rings. The van der Waals surface area contributed by atoms with Crippen LogP contribution in [-0.4, -0.2) is 31.1 Å². The van der Waals surface area contributed by atoms with Crippen LogP contribution in [0.25, 0.3) is 0 Å². The van der Waals surface area contributed by atoms with Crippen LogP contribution in [0.1, 0.15) is 36.9 Å². The lowest BCUT2D eigenvalue weighted by Crippen LogP contribution is -2.31. The van der Waals surface area contributed by atoms with Gasteiger partial charge < -0.3 is 10.2 Å². The summed E-state index contributed by atoms with van der Waals surface area (Å²) in [6.45, 7) is 6.59. The van der Waals surface area contributed by atoms with Crippen molar-refractivity contribution in [2.24, 2.45) is 0 Å². The molecule has 1 aromatic carbocycles. The van der Waals surface area contributed by atoms with Crippen molar-refractivity contribution >= 4 is 0 Å². The zero-order chi connectivity index (χ0) is 12.3. The molecule has 2 heteroatoms. The summed E-state index contributed by atoms with van der Waals surface area (Å²) in [4.78, 5) is 2.47. The number of hydrogen-bond acceptors (Lipinski definition) is 2. The van der Waals surface area contributed by atoms with Crippen molar-refractivity contribution in [1.82, 2.24) is 10.2 Å². The normalized spacial score (nSPS) is 17.4. The van der Waals surface area contributed by atoms with E-state index in [0.29, 0.717) is 6.04 Å². The molecule has 1 N–H and O–H groups in total. The zero-order valence-corrected chi connectivity index (χ0v) is 11.2. The molecule has 2 nitrogen and oxygen atoms in total. The Bertz CT molecular complexity index is 340. The Labute approximate surface area is 105 Å². The standard InChI is InChI=1S/C15H24N2/c1-12-4-6-14(7-5-12)13(2)16-10-11-17(3)15-8-9-15/h4-7,13,15-16H,8-11H2,1-3H3. The molecule has 1 fully saturated rings. The fraction of sp³-hybridized carbons (Fsp3) is 0.600. The molecule has 2 rings (SSSR count). The fourth-order valence-electron chi connectivity index (χ4n) is 2.13. The third-order valence-electron chi connectivity index (χ3n) is 3.66. The smallest absolute Gasteiger partial charge is 0.0292 e. The summed E-state index contributed by atoms with van der Waals surface area (Å²) in [7, 11) is 2.23. The van der Waals surface area contributed by atoms with Gasteiger partial charge >= 0.3 is 0 Å². The minimum atomic E-state index is 0.447. The second-order valence-corrected chi connectivity index (χ2v) is 5.30. The Morgan fingerprint density at radius 1 is 1.29 bits per heavy atom. The first kappa shape index (κ1) is 12.6. The van der Waals surface area contributed by atoms with Crippen LogP contribution in [0.15, 0.2) is 24.3 Å². The zero-order valence-electron chi connectivity index (χ0n) is 11.2. The Hall–Kier alpha value is -0.860. The molecule has 0 radical (unpaired) electrons. The summed E-state index contributed by atoms with van der Waals surface area (Å²) in [5, 5.41) is 3.59. The highest BCUT2D eigenvalue weighted by atomic mass is 15.2. The number of nitrogens with one attached hydrogen (secondary N) is 1. The van der Waals surface area contributed by atoms with E-state index in [4.69, 9.17) is 0 Å². The highest BCUT2D eigenvalue weighted by molar-refractivity contribution is 5.23. The number of hydrogen-bond donors (Lipinski definition) is 1. The molecule has 1 saturated carbocycles. The fourth-order valence-corrected chi connectivity index (χ4v) is 2.13. The third kappa shape index (κ3) is 3.83. The molecule has 17 heavy (non-hydrogen) atoms. The van der Waals surface area contributed by atoms with Gasteiger partial charge in [-0.05, 0) is 39.3 Å². The second-order valence-electron chi connectivity index (χ2n) is 5.30. The van der Waals surface area contributed by atoms with Gasteiger partial charge in [0.15, 0.2) is 0 Å². The molecular formula is C15H24N2. The molecule has 1 unspecified atom stereocenters. The number of nitrogens with zero attached hydrogens (tertiary/aromatic N) is 1. The van der Waals surface area contributed by atoms with E-state index in [9.17, 15) is 0 Å². The van der Waals surface area contributed by atoms with E-state index >= 15 is 0 Å². The molecule has 1 atom stereocenters. The molecular weight excluding hydrogens is 208 g/mol. The quantitative estimate of drug-likeness (QED) is 0.811. The van der Waals surface area contributed by atoms with Crippen molar-refractivity contribution in [3.63, 3.8) is 0 Å². The number of rotatable bonds is 6. The van der Waals surface area contributed by atoms with Crippen molar-refractivity contribution in [3.05, 3.63) is 35.4 Å².